The van der Waals surface area contributed by atoms with Gasteiger partial charge in [0.05, 0.1) is 65.0 Å². The van der Waals surface area contributed by atoms with Gasteiger partial charge in [0.25, 0.3) is 0 Å². The number of allylic oxidation sites excluding steroid dienone is 4. The zero-order valence-electron chi connectivity index (χ0n) is 45.2. The van der Waals surface area contributed by atoms with Crippen molar-refractivity contribution in [2.45, 2.75) is 138 Å². The topological polar surface area (TPSA) is 89.6 Å². The number of fused-ring (bicyclic) bond motifs is 3. The molecule has 68 heavy (non-hydrogen) atoms. The molecule has 1 N–H and O–H groups in total. The molecule has 1 saturated heterocycles. The number of nitrogens with one attached hydrogen (secondary N) is 1. The van der Waals surface area contributed by atoms with Crippen molar-refractivity contribution in [2.24, 2.45) is 14.1 Å². The molecule has 0 radical (unpaired) electrons. The van der Waals surface area contributed by atoms with E-state index in [1.807, 2.05) is 47.0 Å². The first-order valence-electron chi connectivity index (χ1n) is 26.2. The van der Waals surface area contributed by atoms with E-state index in [0.29, 0.717) is 12.1 Å². The molecule has 3 aliphatic carbocycles. The Morgan fingerprint density at radius 2 is 1.41 bits per heavy atom. The summed E-state index contributed by atoms with van der Waals surface area (Å²) in [6, 6.07) is 9.66. The number of aromatic nitrogens is 6. The van der Waals surface area contributed by atoms with Crippen molar-refractivity contribution in [3.05, 3.63) is 124 Å². The Morgan fingerprint density at radius 1 is 0.824 bits per heavy atom. The quantitative estimate of drug-likeness (QED) is 0.123. The Hall–Kier alpha value is -4.46. The highest BCUT2D eigenvalue weighted by Gasteiger charge is 2.30. The molecule has 12 heteroatoms. The highest BCUT2D eigenvalue weighted by atomic mass is 15.3. The SMILES string of the molecule is C=CC.CC.CC.CCN(C)CCNC(C)c1c(C)nc(CN(C)C2CCCc3cccnc32)n1C.CCN(Cc1nc2c(n1C)C(N1CCN(C)CC1)=CC=CC2)C1CCCc2cccnc21. The molecule has 1 fully saturated rings. The predicted molar refractivity (Wildman–Crippen MR) is 287 cm³/mol. The number of nitrogens with zero attached hydrogens (tertiary/aromatic N) is 11. The van der Waals surface area contributed by atoms with Crippen LogP contribution in [0.5, 0.6) is 0 Å². The summed E-state index contributed by atoms with van der Waals surface area (Å²) in [7, 11) is 10.9. The lowest BCUT2D eigenvalue weighted by Gasteiger charge is -2.36. The molecule has 8 rings (SSSR count). The lowest BCUT2D eigenvalue weighted by atomic mass is 9.91. The van der Waals surface area contributed by atoms with Crippen molar-refractivity contribution in [1.82, 2.24) is 58.9 Å². The molecule has 4 aromatic heterocycles. The maximum atomic E-state index is 5.18. The second-order valence-electron chi connectivity index (χ2n) is 18.3. The Morgan fingerprint density at radius 3 is 2.01 bits per heavy atom. The van der Waals surface area contributed by atoms with Gasteiger partial charge in [-0.05, 0) is 123 Å². The number of imidazole rings is 2. The molecule has 3 unspecified atom stereocenters. The zero-order chi connectivity index (χ0) is 49.8. The molecular weight excluding hydrogens is 841 g/mol. The van der Waals surface area contributed by atoms with Gasteiger partial charge in [0.15, 0.2) is 0 Å². The summed E-state index contributed by atoms with van der Waals surface area (Å²) in [5.74, 6) is 2.29. The Balaban J connectivity index is 0.000000264. The minimum atomic E-state index is 0.286. The first-order valence-corrected chi connectivity index (χ1v) is 26.2. The number of aryl methyl sites for hydroxylation is 3. The van der Waals surface area contributed by atoms with E-state index in [2.05, 4.69) is 151 Å². The minimum Gasteiger partial charge on any atom is -0.367 e. The first kappa shape index (κ1) is 56.1. The third-order valence-corrected chi connectivity index (χ3v) is 13.8. The van der Waals surface area contributed by atoms with Crippen LogP contribution >= 0.6 is 0 Å². The monoisotopic (exact) mass is 933 g/mol. The van der Waals surface area contributed by atoms with E-state index in [1.54, 1.807) is 6.08 Å². The fourth-order valence-corrected chi connectivity index (χ4v) is 10.0. The van der Waals surface area contributed by atoms with E-state index in [0.717, 1.165) is 102 Å². The van der Waals surface area contributed by atoms with Crippen LogP contribution in [0.4, 0.5) is 0 Å². The van der Waals surface area contributed by atoms with E-state index in [9.17, 15) is 0 Å². The molecular formula is C56H92N12. The van der Waals surface area contributed by atoms with Crippen LogP contribution in [0, 0.1) is 6.92 Å². The normalized spacial score (nSPS) is 18.0. The van der Waals surface area contributed by atoms with Crippen molar-refractivity contribution in [1.29, 1.82) is 0 Å². The van der Waals surface area contributed by atoms with Gasteiger partial charge < -0.3 is 29.2 Å². The number of piperazine rings is 1. The number of rotatable bonds is 14. The fraction of sp³-hybridized carbons (Fsp3) is 0.607. The molecule has 376 valence electrons. The maximum Gasteiger partial charge on any atom is 0.123 e. The van der Waals surface area contributed by atoms with E-state index in [1.165, 1.54) is 71.0 Å². The van der Waals surface area contributed by atoms with Crippen LogP contribution in [0.2, 0.25) is 0 Å². The second kappa shape index (κ2) is 28.9. The lowest BCUT2D eigenvalue weighted by Crippen LogP contribution is -2.43. The summed E-state index contributed by atoms with van der Waals surface area (Å²) in [6.45, 7) is 32.3. The van der Waals surface area contributed by atoms with Gasteiger partial charge in [-0.15, -0.1) is 6.58 Å². The fourth-order valence-electron chi connectivity index (χ4n) is 10.0. The minimum absolute atomic E-state index is 0.286. The van der Waals surface area contributed by atoms with E-state index < -0.39 is 0 Å². The summed E-state index contributed by atoms with van der Waals surface area (Å²) >= 11 is 0. The highest BCUT2D eigenvalue weighted by molar-refractivity contribution is 5.67. The average molecular weight is 933 g/mol. The summed E-state index contributed by atoms with van der Waals surface area (Å²) in [4.78, 5) is 31.9. The zero-order valence-corrected chi connectivity index (χ0v) is 45.2. The van der Waals surface area contributed by atoms with E-state index in [4.69, 9.17) is 19.9 Å². The van der Waals surface area contributed by atoms with Gasteiger partial charge in [0, 0.05) is 78.2 Å². The van der Waals surface area contributed by atoms with Gasteiger partial charge in [-0.1, -0.05) is 71.9 Å². The van der Waals surface area contributed by atoms with Gasteiger partial charge in [-0.2, -0.15) is 0 Å². The smallest absolute Gasteiger partial charge is 0.123 e. The summed E-state index contributed by atoms with van der Waals surface area (Å²) in [5.41, 5.74) is 11.6. The molecule has 0 spiro atoms. The van der Waals surface area contributed by atoms with Crippen LogP contribution in [-0.2, 0) is 46.4 Å². The van der Waals surface area contributed by atoms with Gasteiger partial charge >= 0.3 is 0 Å². The van der Waals surface area contributed by atoms with Gasteiger partial charge in [0.2, 0.25) is 0 Å². The molecule has 0 aromatic carbocycles. The van der Waals surface area contributed by atoms with Crippen molar-refractivity contribution in [3.63, 3.8) is 0 Å². The van der Waals surface area contributed by atoms with Gasteiger partial charge in [-0.3, -0.25) is 19.8 Å². The average Bonchev–Trinajstić information content (AvgIpc) is 3.72. The molecule has 1 aliphatic heterocycles. The first-order chi connectivity index (χ1) is 33.0. The third kappa shape index (κ3) is 14.5. The third-order valence-electron chi connectivity index (χ3n) is 13.8. The second-order valence-corrected chi connectivity index (χ2v) is 18.3. The molecule has 0 bridgehead atoms. The molecule has 0 amide bonds. The van der Waals surface area contributed by atoms with Crippen molar-refractivity contribution >= 4 is 5.70 Å². The number of pyridine rings is 2. The van der Waals surface area contributed by atoms with Crippen LogP contribution in [0.3, 0.4) is 0 Å². The van der Waals surface area contributed by atoms with Crippen molar-refractivity contribution in [2.75, 3.05) is 73.5 Å². The molecule has 4 aliphatic rings. The molecule has 5 heterocycles. The number of likely N-dealkylation sites (N-methyl/N-ethyl adjacent to an activating group) is 2. The summed E-state index contributed by atoms with van der Waals surface area (Å²) in [5, 5.41) is 3.66. The number of hydrogen-bond donors (Lipinski definition) is 1. The van der Waals surface area contributed by atoms with E-state index in [-0.39, 0.29) is 6.04 Å². The Labute approximate surface area is 413 Å². The van der Waals surface area contributed by atoms with Crippen LogP contribution in [0.1, 0.15) is 156 Å². The van der Waals surface area contributed by atoms with E-state index >= 15 is 0 Å². The van der Waals surface area contributed by atoms with Crippen molar-refractivity contribution in [3.8, 4) is 0 Å². The van der Waals surface area contributed by atoms with Gasteiger partial charge in [0.1, 0.15) is 11.6 Å². The largest absolute Gasteiger partial charge is 0.367 e. The van der Waals surface area contributed by atoms with Crippen LogP contribution in [0.25, 0.3) is 5.70 Å². The van der Waals surface area contributed by atoms with Crippen LogP contribution in [0.15, 0.2) is 67.5 Å². The van der Waals surface area contributed by atoms with Crippen molar-refractivity contribution < 1.29 is 0 Å². The van der Waals surface area contributed by atoms with Crippen LogP contribution in [-0.4, -0.2) is 127 Å². The predicted octanol–water partition coefficient (Wildman–Crippen LogP) is 9.90. The van der Waals surface area contributed by atoms with Crippen LogP contribution < -0.4 is 5.32 Å². The number of hydrogen-bond acceptors (Lipinski definition) is 10. The maximum absolute atomic E-state index is 5.18. The highest BCUT2D eigenvalue weighted by Crippen LogP contribution is 2.36. The lowest BCUT2D eigenvalue weighted by molar-refractivity contribution is 0.169. The molecule has 4 aromatic rings. The molecule has 3 atom stereocenters. The summed E-state index contributed by atoms with van der Waals surface area (Å²) in [6.07, 6.45) is 20.4. The standard InChI is InChI=1S/C26H36N6.C23H38N6.C3H6.2C2H6/c1-4-31(22-13-7-9-20-10-8-14-27-25(20)22)19-24-28-21-11-5-6-12-23(26(21)30(24)3)32-17-15-29(2)16-18-32;1-7-27(4)15-14-24-17(2)23-18(3)26-21(29(23)6)16-28(5)20-12-8-10-19-11-9-13-25-22(19)20;1-3-2;2*1-2/h5-6,8,10,12,14,22H,4,7,9,11,13,15-19H2,1-3H3;9,11,13,17,20,24H,7-8,10,12,14-16H2,1-6H3;3H,1H2,2H3;2*1-2H3. The van der Waals surface area contributed by atoms with Gasteiger partial charge in [-0.25, -0.2) is 9.97 Å². The Kier molecular flexibility index (Phi) is 23.8. The molecule has 0 saturated carbocycles. The Bertz CT molecular complexity index is 2160. The summed E-state index contributed by atoms with van der Waals surface area (Å²) < 4.78 is 4.65. The molecule has 12 nitrogen and oxygen atoms in total.